The number of carbonyl (C=O) groups is 1. The maximum Gasteiger partial charge on any atom is 0.222 e. The highest BCUT2D eigenvalue weighted by atomic mass is 16.6. The van der Waals surface area contributed by atoms with Crippen LogP contribution in [0.25, 0.3) is 0 Å². The molecule has 0 radical (unpaired) electrons. The number of benzene rings is 1. The smallest absolute Gasteiger partial charge is 0.222 e. The third-order valence-corrected chi connectivity index (χ3v) is 4.08. The zero-order valence-electron chi connectivity index (χ0n) is 12.4. The van der Waals surface area contributed by atoms with E-state index in [1.807, 2.05) is 25.2 Å². The average molecular weight is 290 g/mol. The predicted octanol–water partition coefficient (Wildman–Crippen LogP) is 1.42. The molecule has 0 saturated carbocycles. The van der Waals surface area contributed by atoms with Crippen molar-refractivity contribution in [3.05, 3.63) is 23.8 Å². The van der Waals surface area contributed by atoms with Gasteiger partial charge < -0.3 is 19.7 Å². The molecule has 3 rings (SSSR count). The molecule has 1 N–H and O–H groups in total. The van der Waals surface area contributed by atoms with Crippen LogP contribution in [0.1, 0.15) is 18.4 Å². The summed E-state index contributed by atoms with van der Waals surface area (Å²) in [4.78, 5) is 14.0. The van der Waals surface area contributed by atoms with E-state index in [2.05, 4.69) is 5.32 Å². The van der Waals surface area contributed by atoms with Crippen LogP contribution in [0.3, 0.4) is 0 Å². The average Bonchev–Trinajstić information content (AvgIpc) is 3.00. The molecule has 21 heavy (non-hydrogen) atoms. The highest BCUT2D eigenvalue weighted by Crippen LogP contribution is 2.31. The first-order valence-electron chi connectivity index (χ1n) is 7.55. The van der Waals surface area contributed by atoms with Crippen LogP contribution in [0, 0.1) is 5.92 Å². The molecular formula is C16H22N2O3. The molecule has 2 aliphatic heterocycles. The van der Waals surface area contributed by atoms with Crippen molar-refractivity contribution in [3.8, 4) is 11.5 Å². The van der Waals surface area contributed by atoms with Crippen LogP contribution in [0.4, 0.5) is 0 Å². The molecule has 2 heterocycles. The third-order valence-electron chi connectivity index (χ3n) is 4.08. The van der Waals surface area contributed by atoms with Gasteiger partial charge in [-0.05, 0) is 43.1 Å². The number of fused-ring (bicyclic) bond motifs is 1. The van der Waals surface area contributed by atoms with Gasteiger partial charge in [-0.25, -0.2) is 0 Å². The Morgan fingerprint density at radius 3 is 2.90 bits per heavy atom. The standard InChI is InChI=1S/C16H22N2O3/c1-18(16(19)9-12-4-5-17-10-12)11-13-2-3-14-15(8-13)21-7-6-20-14/h2-3,8,12,17H,4-7,9-11H2,1H3. The lowest BCUT2D eigenvalue weighted by molar-refractivity contribution is -0.131. The van der Waals surface area contributed by atoms with Crippen molar-refractivity contribution in [2.75, 3.05) is 33.4 Å². The number of amides is 1. The molecule has 5 nitrogen and oxygen atoms in total. The Labute approximate surface area is 125 Å². The van der Waals surface area contributed by atoms with Crippen LogP contribution < -0.4 is 14.8 Å². The largest absolute Gasteiger partial charge is 0.486 e. The van der Waals surface area contributed by atoms with Gasteiger partial charge in [0.1, 0.15) is 13.2 Å². The molecule has 5 heteroatoms. The summed E-state index contributed by atoms with van der Waals surface area (Å²) in [5.74, 6) is 2.26. The van der Waals surface area contributed by atoms with Crippen molar-refractivity contribution in [1.29, 1.82) is 0 Å². The molecular weight excluding hydrogens is 268 g/mol. The van der Waals surface area contributed by atoms with E-state index in [4.69, 9.17) is 9.47 Å². The van der Waals surface area contributed by atoms with Gasteiger partial charge in [0, 0.05) is 20.0 Å². The van der Waals surface area contributed by atoms with Gasteiger partial charge in [-0.1, -0.05) is 6.07 Å². The number of hydrogen-bond donors (Lipinski definition) is 1. The zero-order chi connectivity index (χ0) is 14.7. The Balaban J connectivity index is 1.58. The minimum atomic E-state index is 0.207. The summed E-state index contributed by atoms with van der Waals surface area (Å²) in [5.41, 5.74) is 1.07. The number of hydrogen-bond acceptors (Lipinski definition) is 4. The summed E-state index contributed by atoms with van der Waals surface area (Å²) in [5, 5.41) is 3.30. The van der Waals surface area contributed by atoms with Gasteiger partial charge in [0.25, 0.3) is 0 Å². The quantitative estimate of drug-likeness (QED) is 0.911. The molecule has 1 aromatic carbocycles. The van der Waals surface area contributed by atoms with Gasteiger partial charge in [0.15, 0.2) is 11.5 Å². The highest BCUT2D eigenvalue weighted by Gasteiger charge is 2.20. The van der Waals surface area contributed by atoms with E-state index >= 15 is 0 Å². The Morgan fingerprint density at radius 2 is 2.14 bits per heavy atom. The molecule has 1 atom stereocenters. The van der Waals surface area contributed by atoms with Crippen molar-refractivity contribution in [2.45, 2.75) is 19.4 Å². The van der Waals surface area contributed by atoms with Crippen LogP contribution in [-0.4, -0.2) is 44.2 Å². The molecule has 0 spiro atoms. The van der Waals surface area contributed by atoms with Crippen LogP contribution >= 0.6 is 0 Å². The second kappa shape index (κ2) is 6.35. The second-order valence-corrected chi connectivity index (χ2v) is 5.79. The summed E-state index contributed by atoms with van der Waals surface area (Å²) in [6.45, 7) is 3.78. The van der Waals surface area contributed by atoms with Gasteiger partial charge in [-0.2, -0.15) is 0 Å². The minimum Gasteiger partial charge on any atom is -0.486 e. The SMILES string of the molecule is CN(Cc1ccc2c(c1)OCCO2)C(=O)CC1CCNC1. The molecule has 2 aliphatic rings. The monoisotopic (exact) mass is 290 g/mol. The number of nitrogens with zero attached hydrogens (tertiary/aromatic N) is 1. The Morgan fingerprint density at radius 1 is 1.33 bits per heavy atom. The fourth-order valence-electron chi connectivity index (χ4n) is 2.84. The maximum absolute atomic E-state index is 12.2. The third kappa shape index (κ3) is 3.47. The van der Waals surface area contributed by atoms with E-state index in [0.29, 0.717) is 32.1 Å². The predicted molar refractivity (Wildman–Crippen MR) is 79.5 cm³/mol. The zero-order valence-corrected chi connectivity index (χ0v) is 12.4. The first-order chi connectivity index (χ1) is 10.2. The Hall–Kier alpha value is -1.75. The van der Waals surface area contributed by atoms with Gasteiger partial charge in [0.2, 0.25) is 5.91 Å². The summed E-state index contributed by atoms with van der Waals surface area (Å²) < 4.78 is 11.1. The van der Waals surface area contributed by atoms with Gasteiger partial charge in [-0.3, -0.25) is 4.79 Å². The lowest BCUT2D eigenvalue weighted by Gasteiger charge is -2.22. The van der Waals surface area contributed by atoms with Crippen molar-refractivity contribution in [3.63, 3.8) is 0 Å². The molecule has 1 saturated heterocycles. The van der Waals surface area contributed by atoms with E-state index in [1.54, 1.807) is 4.90 Å². The van der Waals surface area contributed by atoms with Gasteiger partial charge in [0.05, 0.1) is 0 Å². The van der Waals surface area contributed by atoms with E-state index in [0.717, 1.165) is 36.6 Å². The summed E-state index contributed by atoms with van der Waals surface area (Å²) in [6.07, 6.45) is 1.73. The highest BCUT2D eigenvalue weighted by molar-refractivity contribution is 5.76. The summed E-state index contributed by atoms with van der Waals surface area (Å²) >= 11 is 0. The molecule has 0 aliphatic carbocycles. The van der Waals surface area contributed by atoms with Crippen molar-refractivity contribution < 1.29 is 14.3 Å². The molecule has 1 aromatic rings. The van der Waals surface area contributed by atoms with Crippen LogP contribution in [0.15, 0.2) is 18.2 Å². The lowest BCUT2D eigenvalue weighted by atomic mass is 10.0. The van der Waals surface area contributed by atoms with Gasteiger partial charge >= 0.3 is 0 Å². The molecule has 114 valence electrons. The van der Waals surface area contributed by atoms with Crippen LogP contribution in [-0.2, 0) is 11.3 Å². The lowest BCUT2D eigenvalue weighted by Crippen LogP contribution is -2.28. The number of rotatable bonds is 4. The molecule has 0 aromatic heterocycles. The maximum atomic E-state index is 12.2. The van der Waals surface area contributed by atoms with E-state index in [-0.39, 0.29) is 5.91 Å². The van der Waals surface area contributed by atoms with E-state index in [9.17, 15) is 4.79 Å². The van der Waals surface area contributed by atoms with E-state index < -0.39 is 0 Å². The fraction of sp³-hybridized carbons (Fsp3) is 0.562. The van der Waals surface area contributed by atoms with Crippen molar-refractivity contribution >= 4 is 5.91 Å². The molecule has 1 amide bonds. The molecule has 1 unspecified atom stereocenters. The first-order valence-corrected chi connectivity index (χ1v) is 7.55. The van der Waals surface area contributed by atoms with Gasteiger partial charge in [-0.15, -0.1) is 0 Å². The number of ether oxygens (including phenoxy) is 2. The molecule has 0 bridgehead atoms. The van der Waals surface area contributed by atoms with Crippen molar-refractivity contribution in [2.24, 2.45) is 5.92 Å². The summed E-state index contributed by atoms with van der Waals surface area (Å²) in [6, 6.07) is 5.88. The van der Waals surface area contributed by atoms with Crippen LogP contribution in [0.5, 0.6) is 11.5 Å². The topological polar surface area (TPSA) is 50.8 Å². The first kappa shape index (κ1) is 14.2. The normalized spacial score (nSPS) is 20.3. The molecule has 1 fully saturated rings. The Kier molecular flexibility index (Phi) is 4.29. The van der Waals surface area contributed by atoms with Crippen LogP contribution in [0.2, 0.25) is 0 Å². The number of nitrogens with one attached hydrogen (secondary N) is 1. The fourth-order valence-corrected chi connectivity index (χ4v) is 2.84. The van der Waals surface area contributed by atoms with E-state index in [1.165, 1.54) is 0 Å². The number of carbonyl (C=O) groups excluding carboxylic acids is 1. The summed E-state index contributed by atoms with van der Waals surface area (Å²) in [7, 11) is 1.86. The second-order valence-electron chi connectivity index (χ2n) is 5.79. The Bertz CT molecular complexity index is 512. The minimum absolute atomic E-state index is 0.207. The van der Waals surface area contributed by atoms with Crippen molar-refractivity contribution in [1.82, 2.24) is 10.2 Å².